The Morgan fingerprint density at radius 3 is 2.67 bits per heavy atom. The van der Waals surface area contributed by atoms with E-state index in [4.69, 9.17) is 0 Å². The maximum atomic E-state index is 12.4. The van der Waals surface area contributed by atoms with Crippen LogP contribution in [0.15, 0.2) is 54.6 Å². The van der Waals surface area contributed by atoms with Crippen molar-refractivity contribution < 1.29 is 4.79 Å². The SMILES string of the molecule is Cc1cccc(C(=O)Nc2nc(-c3nnn(-c4ccccc4)c3C)ns2)c1. The summed E-state index contributed by atoms with van der Waals surface area (Å²) in [6.07, 6.45) is 0. The summed E-state index contributed by atoms with van der Waals surface area (Å²) in [7, 11) is 0. The van der Waals surface area contributed by atoms with Crippen LogP contribution in [-0.2, 0) is 0 Å². The van der Waals surface area contributed by atoms with Crippen LogP contribution in [0.3, 0.4) is 0 Å². The van der Waals surface area contributed by atoms with Crippen molar-refractivity contribution in [1.82, 2.24) is 24.4 Å². The summed E-state index contributed by atoms with van der Waals surface area (Å²) in [6.45, 7) is 3.85. The highest BCUT2D eigenvalue weighted by molar-refractivity contribution is 7.10. The van der Waals surface area contributed by atoms with E-state index < -0.39 is 0 Å². The zero-order valence-corrected chi connectivity index (χ0v) is 15.6. The number of aryl methyl sites for hydroxylation is 1. The molecule has 0 saturated carbocycles. The van der Waals surface area contributed by atoms with Gasteiger partial charge in [0.05, 0.1) is 11.4 Å². The van der Waals surface area contributed by atoms with Gasteiger partial charge in [-0.25, -0.2) is 4.68 Å². The number of aromatic nitrogens is 5. The molecule has 8 heteroatoms. The van der Waals surface area contributed by atoms with Gasteiger partial charge in [-0.1, -0.05) is 41.1 Å². The van der Waals surface area contributed by atoms with Gasteiger partial charge in [-0.2, -0.15) is 9.36 Å². The molecule has 2 heterocycles. The van der Waals surface area contributed by atoms with E-state index in [9.17, 15) is 4.79 Å². The van der Waals surface area contributed by atoms with Gasteiger partial charge in [0.15, 0.2) is 11.5 Å². The Bertz CT molecular complexity index is 1100. The molecular weight excluding hydrogens is 360 g/mol. The molecule has 0 fully saturated rings. The van der Waals surface area contributed by atoms with Crippen LogP contribution in [0.25, 0.3) is 17.2 Å². The number of rotatable bonds is 4. The van der Waals surface area contributed by atoms with Crippen LogP contribution in [-0.4, -0.2) is 30.3 Å². The Morgan fingerprint density at radius 1 is 1.07 bits per heavy atom. The third kappa shape index (κ3) is 3.47. The molecule has 134 valence electrons. The molecule has 2 aromatic carbocycles. The molecular formula is C19H16N6OS. The summed E-state index contributed by atoms with van der Waals surface area (Å²) in [5, 5.41) is 11.6. The van der Waals surface area contributed by atoms with Gasteiger partial charge in [0.1, 0.15) is 0 Å². The van der Waals surface area contributed by atoms with Crippen molar-refractivity contribution in [2.45, 2.75) is 13.8 Å². The molecule has 0 aliphatic heterocycles. The van der Waals surface area contributed by atoms with Crippen molar-refractivity contribution >= 4 is 22.6 Å². The van der Waals surface area contributed by atoms with Gasteiger partial charge < -0.3 is 0 Å². The highest BCUT2D eigenvalue weighted by atomic mass is 32.1. The van der Waals surface area contributed by atoms with E-state index in [0.29, 0.717) is 22.2 Å². The Morgan fingerprint density at radius 2 is 1.89 bits per heavy atom. The third-order valence-corrected chi connectivity index (χ3v) is 4.66. The smallest absolute Gasteiger partial charge is 0.257 e. The first-order valence-electron chi connectivity index (χ1n) is 8.31. The fourth-order valence-corrected chi connectivity index (χ4v) is 3.24. The lowest BCUT2D eigenvalue weighted by molar-refractivity contribution is 0.102. The molecule has 0 spiro atoms. The van der Waals surface area contributed by atoms with Gasteiger partial charge in [-0.05, 0) is 38.1 Å². The minimum absolute atomic E-state index is 0.217. The molecule has 0 unspecified atom stereocenters. The van der Waals surface area contributed by atoms with Gasteiger partial charge in [0.2, 0.25) is 5.13 Å². The summed E-state index contributed by atoms with van der Waals surface area (Å²) in [5.41, 5.74) is 3.94. The topological polar surface area (TPSA) is 85.6 Å². The summed E-state index contributed by atoms with van der Waals surface area (Å²) in [5.74, 6) is 0.227. The molecule has 7 nitrogen and oxygen atoms in total. The van der Waals surface area contributed by atoms with Crippen molar-refractivity contribution in [1.29, 1.82) is 0 Å². The summed E-state index contributed by atoms with van der Waals surface area (Å²) < 4.78 is 6.06. The average Bonchev–Trinajstić information content (AvgIpc) is 3.29. The van der Waals surface area contributed by atoms with Crippen LogP contribution in [0.4, 0.5) is 5.13 Å². The van der Waals surface area contributed by atoms with Crippen LogP contribution in [0.5, 0.6) is 0 Å². The van der Waals surface area contributed by atoms with Crippen molar-refractivity contribution in [3.05, 3.63) is 71.4 Å². The van der Waals surface area contributed by atoms with Crippen molar-refractivity contribution in [3.63, 3.8) is 0 Å². The monoisotopic (exact) mass is 376 g/mol. The van der Waals surface area contributed by atoms with Crippen LogP contribution >= 0.6 is 11.5 Å². The molecule has 1 amide bonds. The minimum Gasteiger partial charge on any atom is -0.297 e. The van der Waals surface area contributed by atoms with Gasteiger partial charge in [-0.3, -0.25) is 10.1 Å². The molecule has 0 radical (unpaired) electrons. The Kier molecular flexibility index (Phi) is 4.47. The maximum absolute atomic E-state index is 12.4. The number of amides is 1. The number of nitrogens with zero attached hydrogens (tertiary/aromatic N) is 5. The Hall–Kier alpha value is -3.39. The Balaban J connectivity index is 1.57. The second-order valence-electron chi connectivity index (χ2n) is 6.02. The fourth-order valence-electron chi connectivity index (χ4n) is 2.68. The molecule has 1 N–H and O–H groups in total. The molecule has 4 aromatic rings. The van der Waals surface area contributed by atoms with E-state index in [1.54, 1.807) is 10.7 Å². The van der Waals surface area contributed by atoms with Crippen molar-refractivity contribution in [2.24, 2.45) is 0 Å². The fraction of sp³-hybridized carbons (Fsp3) is 0.105. The second-order valence-corrected chi connectivity index (χ2v) is 6.77. The van der Waals surface area contributed by atoms with Gasteiger partial charge in [0, 0.05) is 17.1 Å². The van der Waals surface area contributed by atoms with Gasteiger partial charge >= 0.3 is 0 Å². The predicted molar refractivity (Wildman–Crippen MR) is 104 cm³/mol. The summed E-state index contributed by atoms with van der Waals surface area (Å²) in [6, 6.07) is 17.1. The third-order valence-electron chi connectivity index (χ3n) is 4.03. The minimum atomic E-state index is -0.217. The zero-order valence-electron chi connectivity index (χ0n) is 14.7. The van der Waals surface area contributed by atoms with Gasteiger partial charge in [0.25, 0.3) is 5.91 Å². The van der Waals surface area contributed by atoms with E-state index in [-0.39, 0.29) is 5.91 Å². The molecule has 0 aliphatic carbocycles. The quantitative estimate of drug-likeness (QED) is 0.587. The molecule has 4 rings (SSSR count). The maximum Gasteiger partial charge on any atom is 0.257 e. The average molecular weight is 376 g/mol. The standard InChI is InChI=1S/C19H16N6OS/c1-12-7-6-8-14(11-12)18(26)21-19-20-17(23-27-19)16-13(2)25(24-22-16)15-9-4-3-5-10-15/h3-11H,1-2H3,(H,20,21,23,26). The van der Waals surface area contributed by atoms with E-state index in [2.05, 4.69) is 25.0 Å². The molecule has 27 heavy (non-hydrogen) atoms. The highest BCUT2D eigenvalue weighted by Crippen LogP contribution is 2.24. The van der Waals surface area contributed by atoms with Crippen LogP contribution < -0.4 is 5.32 Å². The highest BCUT2D eigenvalue weighted by Gasteiger charge is 2.17. The van der Waals surface area contributed by atoms with E-state index in [1.165, 1.54) is 0 Å². The number of hydrogen-bond donors (Lipinski definition) is 1. The largest absolute Gasteiger partial charge is 0.297 e. The number of nitrogens with one attached hydrogen (secondary N) is 1. The predicted octanol–water partition coefficient (Wildman–Crippen LogP) is 3.65. The zero-order chi connectivity index (χ0) is 18.8. The molecule has 0 bridgehead atoms. The lowest BCUT2D eigenvalue weighted by Crippen LogP contribution is -2.11. The van der Waals surface area contributed by atoms with E-state index in [0.717, 1.165) is 28.5 Å². The van der Waals surface area contributed by atoms with Crippen LogP contribution in [0.2, 0.25) is 0 Å². The molecule has 0 saturated heterocycles. The first-order chi connectivity index (χ1) is 13.1. The lowest BCUT2D eigenvalue weighted by atomic mass is 10.1. The summed E-state index contributed by atoms with van der Waals surface area (Å²) >= 11 is 1.12. The van der Waals surface area contributed by atoms with Crippen LogP contribution in [0.1, 0.15) is 21.6 Å². The number of carbonyl (C=O) groups excluding carboxylic acids is 1. The number of benzene rings is 2. The van der Waals surface area contributed by atoms with Gasteiger partial charge in [-0.15, -0.1) is 5.10 Å². The molecule has 0 atom stereocenters. The van der Waals surface area contributed by atoms with E-state index in [1.807, 2.05) is 62.4 Å². The molecule has 0 aliphatic rings. The first kappa shape index (κ1) is 17.0. The number of para-hydroxylation sites is 1. The number of hydrogen-bond acceptors (Lipinski definition) is 6. The lowest BCUT2D eigenvalue weighted by Gasteiger charge is -2.02. The number of carbonyl (C=O) groups is 1. The van der Waals surface area contributed by atoms with Crippen molar-refractivity contribution in [2.75, 3.05) is 5.32 Å². The van der Waals surface area contributed by atoms with Crippen LogP contribution in [0, 0.1) is 13.8 Å². The number of anilines is 1. The Labute approximate surface area is 159 Å². The summed E-state index contributed by atoms with van der Waals surface area (Å²) in [4.78, 5) is 16.8. The second kappa shape index (κ2) is 7.08. The normalized spacial score (nSPS) is 10.7. The molecule has 2 aromatic heterocycles. The first-order valence-corrected chi connectivity index (χ1v) is 9.09. The van der Waals surface area contributed by atoms with Crippen molar-refractivity contribution in [3.8, 4) is 17.2 Å². The van der Waals surface area contributed by atoms with E-state index >= 15 is 0 Å².